The maximum Gasteiger partial charge on any atom is 0.354 e. The lowest BCUT2D eigenvalue weighted by atomic mass is 10.2. The first-order valence-corrected chi connectivity index (χ1v) is 4.38. The van der Waals surface area contributed by atoms with Crippen LogP contribution in [0.5, 0.6) is 0 Å². The zero-order valence-electron chi connectivity index (χ0n) is 7.04. The number of rotatable bonds is 2. The molecule has 0 spiro atoms. The molecule has 0 amide bonds. The first-order chi connectivity index (χ1) is 6.97. The van der Waals surface area contributed by atoms with Crippen molar-refractivity contribution in [1.29, 1.82) is 5.26 Å². The number of carbonyl (C=O) groups is 1. The average Bonchev–Trinajstić information content (AvgIpc) is 2.16. The van der Waals surface area contributed by atoms with Crippen LogP contribution in [0.2, 0.25) is 0 Å². The van der Waals surface area contributed by atoms with Crippen LogP contribution in [0.4, 0.5) is 8.78 Å². The van der Waals surface area contributed by atoms with Gasteiger partial charge in [-0.2, -0.15) is 5.26 Å². The van der Waals surface area contributed by atoms with E-state index in [4.69, 9.17) is 10.4 Å². The second kappa shape index (κ2) is 4.31. The molecule has 0 aliphatic rings. The number of halogens is 3. The fourth-order valence-corrected chi connectivity index (χ4v) is 1.42. The SMILES string of the molecule is N#Cc1c(Br)cc(C(=O)O)nc1C(F)F. The van der Waals surface area contributed by atoms with E-state index >= 15 is 0 Å². The normalized spacial score (nSPS) is 10.1. The number of alkyl halides is 2. The summed E-state index contributed by atoms with van der Waals surface area (Å²) in [6.07, 6.45) is -2.99. The van der Waals surface area contributed by atoms with E-state index in [1.165, 1.54) is 6.07 Å². The summed E-state index contributed by atoms with van der Waals surface area (Å²) in [5, 5.41) is 17.1. The van der Waals surface area contributed by atoms with Gasteiger partial charge in [0.05, 0.1) is 5.56 Å². The second-order valence-corrected chi connectivity index (χ2v) is 3.32. The van der Waals surface area contributed by atoms with Gasteiger partial charge in [0.1, 0.15) is 17.5 Å². The molecule has 0 saturated heterocycles. The van der Waals surface area contributed by atoms with Crippen LogP contribution in [0, 0.1) is 11.3 Å². The van der Waals surface area contributed by atoms with Gasteiger partial charge in [-0.1, -0.05) is 0 Å². The number of pyridine rings is 1. The Morgan fingerprint density at radius 3 is 2.67 bits per heavy atom. The lowest BCUT2D eigenvalue weighted by Gasteiger charge is -2.05. The van der Waals surface area contributed by atoms with Gasteiger partial charge in [-0.25, -0.2) is 18.6 Å². The van der Waals surface area contributed by atoms with E-state index in [1.54, 1.807) is 0 Å². The van der Waals surface area contributed by atoms with Gasteiger partial charge in [-0.3, -0.25) is 0 Å². The Morgan fingerprint density at radius 1 is 1.67 bits per heavy atom. The van der Waals surface area contributed by atoms with E-state index in [1.807, 2.05) is 0 Å². The molecule has 0 radical (unpaired) electrons. The minimum Gasteiger partial charge on any atom is -0.477 e. The Labute approximate surface area is 91.3 Å². The second-order valence-electron chi connectivity index (χ2n) is 2.47. The first kappa shape index (κ1) is 11.5. The van der Waals surface area contributed by atoms with Gasteiger partial charge in [0.15, 0.2) is 0 Å². The summed E-state index contributed by atoms with van der Waals surface area (Å²) in [6, 6.07) is 2.54. The van der Waals surface area contributed by atoms with E-state index in [0.717, 1.165) is 6.07 Å². The molecule has 1 aromatic heterocycles. The van der Waals surface area contributed by atoms with E-state index in [0.29, 0.717) is 0 Å². The number of nitriles is 1. The standard InChI is InChI=1S/C8H3BrF2N2O2/c9-4-1-5(8(14)15)13-6(7(10)11)3(4)2-12/h1,7H,(H,14,15). The van der Waals surface area contributed by atoms with Crippen LogP contribution in [0.1, 0.15) is 28.2 Å². The third kappa shape index (κ3) is 2.27. The Balaban J connectivity index is 3.47. The Kier molecular flexibility index (Phi) is 3.31. The number of hydrogen-bond acceptors (Lipinski definition) is 3. The monoisotopic (exact) mass is 276 g/mol. The Hall–Kier alpha value is -1.55. The number of aromatic nitrogens is 1. The molecule has 0 unspecified atom stereocenters. The highest BCUT2D eigenvalue weighted by Gasteiger charge is 2.20. The van der Waals surface area contributed by atoms with Crippen molar-refractivity contribution in [2.24, 2.45) is 0 Å². The van der Waals surface area contributed by atoms with Gasteiger partial charge in [0.2, 0.25) is 0 Å². The summed E-state index contributed by atoms with van der Waals surface area (Å²) in [7, 11) is 0. The van der Waals surface area contributed by atoms with Crippen LogP contribution in [0.25, 0.3) is 0 Å². The highest BCUT2D eigenvalue weighted by atomic mass is 79.9. The molecule has 0 atom stereocenters. The number of hydrogen-bond donors (Lipinski definition) is 1. The minimum absolute atomic E-state index is 0.00676. The van der Waals surface area contributed by atoms with Gasteiger partial charge in [-0.05, 0) is 22.0 Å². The topological polar surface area (TPSA) is 74.0 Å². The largest absolute Gasteiger partial charge is 0.477 e. The van der Waals surface area contributed by atoms with Crippen molar-refractivity contribution in [3.63, 3.8) is 0 Å². The number of carboxylic acid groups (broad SMARTS) is 1. The minimum atomic E-state index is -2.99. The molecule has 0 aliphatic heterocycles. The lowest BCUT2D eigenvalue weighted by molar-refractivity contribution is 0.0688. The fraction of sp³-hybridized carbons (Fsp3) is 0.125. The molecular weight excluding hydrogens is 274 g/mol. The third-order valence-corrected chi connectivity index (χ3v) is 2.16. The molecule has 0 aromatic carbocycles. The highest BCUT2D eigenvalue weighted by Crippen LogP contribution is 2.27. The molecular formula is C8H3BrF2N2O2. The third-order valence-electron chi connectivity index (χ3n) is 1.54. The van der Waals surface area contributed by atoms with Gasteiger partial charge < -0.3 is 5.11 Å². The van der Waals surface area contributed by atoms with Crippen LogP contribution < -0.4 is 0 Å². The predicted molar refractivity (Wildman–Crippen MR) is 48.6 cm³/mol. The maximum atomic E-state index is 12.4. The van der Waals surface area contributed by atoms with Gasteiger partial charge in [0.25, 0.3) is 6.43 Å². The fourth-order valence-electron chi connectivity index (χ4n) is 0.911. The molecule has 1 rings (SSSR count). The lowest BCUT2D eigenvalue weighted by Crippen LogP contribution is -2.06. The zero-order valence-corrected chi connectivity index (χ0v) is 8.62. The van der Waals surface area contributed by atoms with Crippen molar-refractivity contribution in [2.75, 3.05) is 0 Å². The molecule has 0 aliphatic carbocycles. The average molecular weight is 277 g/mol. The van der Waals surface area contributed by atoms with Crippen molar-refractivity contribution < 1.29 is 18.7 Å². The van der Waals surface area contributed by atoms with Crippen molar-refractivity contribution in [1.82, 2.24) is 4.98 Å². The molecule has 1 aromatic rings. The smallest absolute Gasteiger partial charge is 0.354 e. The van der Waals surface area contributed by atoms with Crippen LogP contribution in [0.15, 0.2) is 10.5 Å². The van der Waals surface area contributed by atoms with Crippen molar-refractivity contribution in [3.05, 3.63) is 27.5 Å². The van der Waals surface area contributed by atoms with E-state index in [2.05, 4.69) is 20.9 Å². The maximum absolute atomic E-state index is 12.4. The molecule has 15 heavy (non-hydrogen) atoms. The van der Waals surface area contributed by atoms with Gasteiger partial charge >= 0.3 is 5.97 Å². The quantitative estimate of drug-likeness (QED) is 0.900. The summed E-state index contributed by atoms with van der Waals surface area (Å²) in [6.45, 7) is 0. The number of aromatic carboxylic acids is 1. The highest BCUT2D eigenvalue weighted by molar-refractivity contribution is 9.10. The van der Waals surface area contributed by atoms with Crippen molar-refractivity contribution in [2.45, 2.75) is 6.43 Å². The van der Waals surface area contributed by atoms with E-state index in [-0.39, 0.29) is 10.0 Å². The summed E-state index contributed by atoms with van der Waals surface area (Å²) in [4.78, 5) is 13.7. The molecule has 4 nitrogen and oxygen atoms in total. The molecule has 1 heterocycles. The summed E-state index contributed by atoms with van der Waals surface area (Å²) in [5.41, 5.74) is -1.71. The summed E-state index contributed by atoms with van der Waals surface area (Å²) in [5.74, 6) is -1.43. The van der Waals surface area contributed by atoms with Gasteiger partial charge in [-0.15, -0.1) is 0 Å². The van der Waals surface area contributed by atoms with Crippen LogP contribution in [-0.2, 0) is 0 Å². The first-order valence-electron chi connectivity index (χ1n) is 3.59. The molecule has 7 heteroatoms. The van der Waals surface area contributed by atoms with Crippen molar-refractivity contribution >= 4 is 21.9 Å². The Morgan fingerprint density at radius 2 is 2.27 bits per heavy atom. The predicted octanol–water partition coefficient (Wildman–Crippen LogP) is 2.35. The Bertz CT molecular complexity index is 457. The molecule has 0 bridgehead atoms. The molecule has 0 fully saturated rings. The molecule has 78 valence electrons. The summed E-state index contributed by atoms with van der Waals surface area (Å²) < 4.78 is 24.8. The van der Waals surface area contributed by atoms with Crippen molar-refractivity contribution in [3.8, 4) is 6.07 Å². The molecule has 0 saturated carbocycles. The van der Waals surface area contributed by atoms with Crippen LogP contribution in [0.3, 0.4) is 0 Å². The number of nitrogens with zero attached hydrogens (tertiary/aromatic N) is 2. The van der Waals surface area contributed by atoms with Crippen LogP contribution in [-0.4, -0.2) is 16.1 Å². The zero-order chi connectivity index (χ0) is 11.6. The van der Waals surface area contributed by atoms with E-state index < -0.39 is 23.8 Å². The number of carboxylic acids is 1. The van der Waals surface area contributed by atoms with Gasteiger partial charge in [0, 0.05) is 4.47 Å². The molecule has 1 N–H and O–H groups in total. The van der Waals surface area contributed by atoms with Crippen LogP contribution >= 0.6 is 15.9 Å². The van der Waals surface area contributed by atoms with E-state index in [9.17, 15) is 13.6 Å². The summed E-state index contributed by atoms with van der Waals surface area (Å²) >= 11 is 2.84.